The Morgan fingerprint density at radius 1 is 1.37 bits per heavy atom. The van der Waals surface area contributed by atoms with Gasteiger partial charge in [0.2, 0.25) is 12.1 Å². The van der Waals surface area contributed by atoms with Gasteiger partial charge in [-0.2, -0.15) is 0 Å². The molecule has 0 bridgehead atoms. The summed E-state index contributed by atoms with van der Waals surface area (Å²) in [6.07, 6.45) is -0.987. The third-order valence-corrected chi connectivity index (χ3v) is 2.69. The van der Waals surface area contributed by atoms with E-state index in [1.54, 1.807) is 6.92 Å². The van der Waals surface area contributed by atoms with Gasteiger partial charge in [-0.05, 0) is 13.3 Å². The third-order valence-electron chi connectivity index (χ3n) is 2.69. The zero-order chi connectivity index (χ0) is 14.6. The van der Waals surface area contributed by atoms with E-state index in [2.05, 4.69) is 0 Å². The van der Waals surface area contributed by atoms with Crippen LogP contribution in [-0.4, -0.2) is 47.4 Å². The fourth-order valence-electron chi connectivity index (χ4n) is 1.96. The van der Waals surface area contributed by atoms with Crippen LogP contribution in [0.2, 0.25) is 0 Å². The Labute approximate surface area is 110 Å². The number of rotatable bonds is 5. The van der Waals surface area contributed by atoms with E-state index in [0.717, 1.165) is 11.8 Å². The molecule has 1 heterocycles. The number of hydrogen-bond acceptors (Lipinski definition) is 6. The maximum atomic E-state index is 11.8. The number of ether oxygens (including phenoxy) is 2. The molecule has 2 atom stereocenters. The highest BCUT2D eigenvalue weighted by Gasteiger charge is 2.44. The van der Waals surface area contributed by atoms with Crippen molar-refractivity contribution in [3.8, 4) is 0 Å². The van der Waals surface area contributed by atoms with Gasteiger partial charge in [0, 0.05) is 20.3 Å². The summed E-state index contributed by atoms with van der Waals surface area (Å²) in [5.41, 5.74) is 0. The molecule has 0 saturated carbocycles. The first-order valence-electron chi connectivity index (χ1n) is 6.04. The highest BCUT2D eigenvalue weighted by molar-refractivity contribution is 5.93. The first-order valence-corrected chi connectivity index (χ1v) is 6.04. The molecule has 1 aliphatic rings. The zero-order valence-electron chi connectivity index (χ0n) is 11.2. The number of ketones is 1. The van der Waals surface area contributed by atoms with Gasteiger partial charge >= 0.3 is 11.9 Å². The van der Waals surface area contributed by atoms with Crippen LogP contribution in [0.4, 0.5) is 0 Å². The number of carbonyl (C=O) groups excluding carboxylic acids is 4. The molecular formula is C12H17NO6. The normalized spacial score (nSPS) is 20.1. The van der Waals surface area contributed by atoms with Gasteiger partial charge in [-0.3, -0.25) is 19.3 Å². The van der Waals surface area contributed by atoms with E-state index in [0.29, 0.717) is 0 Å². The summed E-state index contributed by atoms with van der Waals surface area (Å²) in [5, 5.41) is 0. The number of amides is 1. The van der Waals surface area contributed by atoms with Gasteiger partial charge in [0.15, 0.2) is 5.78 Å². The summed E-state index contributed by atoms with van der Waals surface area (Å²) in [6, 6.07) is -0.874. The van der Waals surface area contributed by atoms with E-state index in [4.69, 9.17) is 9.47 Å². The molecule has 0 aromatic carbocycles. The van der Waals surface area contributed by atoms with Crippen LogP contribution in [0.1, 0.15) is 33.6 Å². The van der Waals surface area contributed by atoms with E-state index in [1.165, 1.54) is 6.92 Å². The van der Waals surface area contributed by atoms with E-state index in [-0.39, 0.29) is 19.4 Å². The Morgan fingerprint density at radius 2 is 2.00 bits per heavy atom. The van der Waals surface area contributed by atoms with Crippen molar-refractivity contribution < 1.29 is 28.7 Å². The van der Waals surface area contributed by atoms with Crippen molar-refractivity contribution in [2.24, 2.45) is 0 Å². The van der Waals surface area contributed by atoms with Crippen LogP contribution >= 0.6 is 0 Å². The molecule has 1 saturated heterocycles. The van der Waals surface area contributed by atoms with Gasteiger partial charge in [0.05, 0.1) is 6.61 Å². The number of nitrogens with zero attached hydrogens (tertiary/aromatic N) is 1. The Hall–Kier alpha value is -1.92. The van der Waals surface area contributed by atoms with Gasteiger partial charge in [0.25, 0.3) is 0 Å². The van der Waals surface area contributed by atoms with Crippen LogP contribution in [0.5, 0.6) is 0 Å². The van der Waals surface area contributed by atoms with Crippen molar-refractivity contribution in [3.63, 3.8) is 0 Å². The van der Waals surface area contributed by atoms with Crippen molar-refractivity contribution in [1.82, 2.24) is 4.90 Å². The van der Waals surface area contributed by atoms with Crippen molar-refractivity contribution in [2.75, 3.05) is 6.61 Å². The molecule has 1 rings (SSSR count). The molecule has 0 spiro atoms. The van der Waals surface area contributed by atoms with Crippen LogP contribution in [0.25, 0.3) is 0 Å². The minimum absolute atomic E-state index is 0.120. The molecule has 0 N–H and O–H groups in total. The second-order valence-electron chi connectivity index (χ2n) is 4.18. The van der Waals surface area contributed by atoms with E-state index in [9.17, 15) is 19.2 Å². The lowest BCUT2D eigenvalue weighted by molar-refractivity contribution is -0.174. The van der Waals surface area contributed by atoms with Gasteiger partial charge in [-0.25, -0.2) is 4.79 Å². The molecule has 0 radical (unpaired) electrons. The summed E-state index contributed by atoms with van der Waals surface area (Å²) in [6.45, 7) is 4.15. The monoisotopic (exact) mass is 271 g/mol. The smallest absolute Gasteiger partial charge is 0.329 e. The van der Waals surface area contributed by atoms with Gasteiger partial charge in [-0.15, -0.1) is 0 Å². The summed E-state index contributed by atoms with van der Waals surface area (Å²) in [4.78, 5) is 47.1. The third kappa shape index (κ3) is 3.52. The number of esters is 2. The molecule has 2 unspecified atom stereocenters. The highest BCUT2D eigenvalue weighted by Crippen LogP contribution is 2.24. The lowest BCUT2D eigenvalue weighted by atomic mass is 10.2. The van der Waals surface area contributed by atoms with E-state index >= 15 is 0 Å². The van der Waals surface area contributed by atoms with Crippen LogP contribution < -0.4 is 0 Å². The van der Waals surface area contributed by atoms with Crippen molar-refractivity contribution in [2.45, 2.75) is 45.9 Å². The van der Waals surface area contributed by atoms with Gasteiger partial charge in [0.1, 0.15) is 6.04 Å². The van der Waals surface area contributed by atoms with Crippen LogP contribution in [0, 0.1) is 0 Å². The first kappa shape index (κ1) is 15.1. The maximum Gasteiger partial charge on any atom is 0.329 e. The minimum atomic E-state index is -1.36. The lowest BCUT2D eigenvalue weighted by Crippen LogP contribution is -2.51. The molecule has 1 aliphatic heterocycles. The zero-order valence-corrected chi connectivity index (χ0v) is 11.2. The molecule has 19 heavy (non-hydrogen) atoms. The Bertz CT molecular complexity index is 405. The first-order chi connectivity index (χ1) is 8.88. The summed E-state index contributed by atoms with van der Waals surface area (Å²) >= 11 is 0. The lowest BCUT2D eigenvalue weighted by Gasteiger charge is -2.29. The van der Waals surface area contributed by atoms with Crippen molar-refractivity contribution >= 4 is 23.6 Å². The summed E-state index contributed by atoms with van der Waals surface area (Å²) in [7, 11) is 0. The van der Waals surface area contributed by atoms with E-state index in [1.807, 2.05) is 0 Å². The topological polar surface area (TPSA) is 90.0 Å². The van der Waals surface area contributed by atoms with Gasteiger partial charge in [-0.1, -0.05) is 0 Å². The predicted octanol–water partition coefficient (Wildman–Crippen LogP) is 0.0187. The molecular weight excluding hydrogens is 254 g/mol. The average molecular weight is 271 g/mol. The standard InChI is InChI=1S/C12H17NO6/c1-4-18-12(17)9-5-6-10(16)13(9)11(7(2)14)19-8(3)15/h9,11H,4-6H2,1-3H3. The number of likely N-dealkylation sites (tertiary alicyclic amines) is 1. The number of Topliss-reactive ketones (excluding diaryl/α,β-unsaturated/α-hetero) is 1. The predicted molar refractivity (Wildman–Crippen MR) is 62.7 cm³/mol. The van der Waals surface area contributed by atoms with Crippen molar-refractivity contribution in [3.05, 3.63) is 0 Å². The van der Waals surface area contributed by atoms with Gasteiger partial charge < -0.3 is 9.47 Å². The molecule has 0 aliphatic carbocycles. The SMILES string of the molecule is CCOC(=O)C1CCC(=O)N1C(OC(C)=O)C(C)=O. The van der Waals surface area contributed by atoms with Crippen molar-refractivity contribution in [1.29, 1.82) is 0 Å². The fourth-order valence-corrected chi connectivity index (χ4v) is 1.96. The highest BCUT2D eigenvalue weighted by atomic mass is 16.6. The number of hydrogen-bond donors (Lipinski definition) is 0. The van der Waals surface area contributed by atoms with E-state index < -0.39 is 35.9 Å². The van der Waals surface area contributed by atoms with Crippen LogP contribution in [0.3, 0.4) is 0 Å². The molecule has 0 aromatic heterocycles. The Balaban J connectivity index is 2.95. The molecule has 106 valence electrons. The summed E-state index contributed by atoms with van der Waals surface area (Å²) in [5.74, 6) is -2.20. The minimum Gasteiger partial charge on any atom is -0.464 e. The van der Waals surface area contributed by atoms with Crippen LogP contribution in [0.15, 0.2) is 0 Å². The Morgan fingerprint density at radius 3 is 2.47 bits per heavy atom. The molecule has 0 aromatic rings. The quantitative estimate of drug-likeness (QED) is 0.655. The molecule has 7 heteroatoms. The molecule has 1 fully saturated rings. The maximum absolute atomic E-state index is 11.8. The van der Waals surface area contributed by atoms with Crippen LogP contribution in [-0.2, 0) is 28.7 Å². The largest absolute Gasteiger partial charge is 0.464 e. The average Bonchev–Trinajstić information content (AvgIpc) is 2.67. The second kappa shape index (κ2) is 6.31. The number of carbonyl (C=O) groups is 4. The fraction of sp³-hybridized carbons (Fsp3) is 0.667. The Kier molecular flexibility index (Phi) is 5.02. The molecule has 1 amide bonds. The summed E-state index contributed by atoms with van der Waals surface area (Å²) < 4.78 is 9.69. The second-order valence-corrected chi connectivity index (χ2v) is 4.18. The molecule has 7 nitrogen and oxygen atoms in total.